The SMILES string of the molecule is CCC(C)CCCCCCCCC(=O)OC[C@H](COP(=O)(O)OC[C@@H](O)COP(=O)(O)OC[C@@H](COC(=O)CCCCCCCCC(C)CC)OC(=O)CCCCCCCCC(C)CC)OC(=O)CCCCCCCCCCCCCCCCCCC(C)C. The molecule has 5 unspecified atom stereocenters. The van der Waals surface area contributed by atoms with E-state index in [4.69, 9.17) is 37.0 Å². The highest BCUT2D eigenvalue weighted by molar-refractivity contribution is 7.47. The van der Waals surface area contributed by atoms with Crippen molar-refractivity contribution in [2.75, 3.05) is 39.6 Å². The molecule has 0 aliphatic heterocycles. The van der Waals surface area contributed by atoms with Crippen molar-refractivity contribution in [2.24, 2.45) is 23.7 Å². The highest BCUT2D eigenvalue weighted by Gasteiger charge is 2.30. The van der Waals surface area contributed by atoms with Crippen LogP contribution in [0, 0.1) is 23.7 Å². The summed E-state index contributed by atoms with van der Waals surface area (Å²) in [6.45, 7) is 14.0. The summed E-state index contributed by atoms with van der Waals surface area (Å²) in [6.07, 6.45) is 41.9. The number of aliphatic hydroxyl groups is 1. The minimum absolute atomic E-state index is 0.102. The standard InChI is InChI=1S/C70H136O17P2/c1-9-61(6)47-39-31-24-27-34-42-50-67(72)80-56-65(86-69(74)52-44-36-23-21-19-17-15-13-12-14-16-18-20-22-30-38-46-60(4)5)58-84-88(76,77)82-54-64(71)55-83-89(78,79)85-59-66(87-70(75)53-45-37-29-26-33-41-49-63(8)11-3)57-81-68(73)51-43-35-28-25-32-40-48-62(7)10-2/h60-66,71H,9-59H2,1-8H3,(H,76,77)(H,78,79)/t61?,62?,63?,64-,65-,66-/m1/s1. The van der Waals surface area contributed by atoms with Gasteiger partial charge in [-0.2, -0.15) is 0 Å². The Labute approximate surface area is 543 Å². The first-order chi connectivity index (χ1) is 42.7. The van der Waals surface area contributed by atoms with E-state index in [0.29, 0.717) is 25.7 Å². The Kier molecular flexibility index (Phi) is 58.5. The molecule has 19 heteroatoms. The van der Waals surface area contributed by atoms with E-state index in [1.807, 2.05) is 0 Å². The van der Waals surface area contributed by atoms with Gasteiger partial charge >= 0.3 is 39.5 Å². The van der Waals surface area contributed by atoms with E-state index < -0.39 is 97.5 Å². The number of hydrogen-bond donors (Lipinski definition) is 3. The molecule has 0 amide bonds. The Hall–Kier alpha value is -1.94. The van der Waals surface area contributed by atoms with Crippen molar-refractivity contribution in [1.82, 2.24) is 0 Å². The molecule has 0 aliphatic carbocycles. The van der Waals surface area contributed by atoms with Gasteiger partial charge in [-0.05, 0) is 49.4 Å². The second kappa shape index (κ2) is 59.8. The summed E-state index contributed by atoms with van der Waals surface area (Å²) >= 11 is 0. The molecule has 8 atom stereocenters. The van der Waals surface area contributed by atoms with Crippen LogP contribution in [0.4, 0.5) is 0 Å². The second-order valence-corrected chi connectivity index (χ2v) is 29.4. The van der Waals surface area contributed by atoms with Crippen LogP contribution in [0.2, 0.25) is 0 Å². The fraction of sp³-hybridized carbons (Fsp3) is 0.943. The Balaban J connectivity index is 5.21. The number of unbranched alkanes of at least 4 members (excludes halogenated alkanes) is 30. The van der Waals surface area contributed by atoms with Crippen LogP contribution < -0.4 is 0 Å². The zero-order chi connectivity index (χ0) is 66.1. The number of carbonyl (C=O) groups is 4. The van der Waals surface area contributed by atoms with E-state index in [1.54, 1.807) is 0 Å². The zero-order valence-electron chi connectivity index (χ0n) is 58.1. The van der Waals surface area contributed by atoms with Gasteiger partial charge < -0.3 is 33.8 Å². The third-order valence-corrected chi connectivity index (χ3v) is 19.1. The Bertz CT molecular complexity index is 1770. The topological polar surface area (TPSA) is 237 Å². The molecule has 0 fully saturated rings. The maximum atomic E-state index is 13.0. The molecule has 0 radical (unpaired) electrons. The van der Waals surface area contributed by atoms with Gasteiger partial charge in [0.1, 0.15) is 19.3 Å². The number of phosphoric ester groups is 2. The van der Waals surface area contributed by atoms with Crippen molar-refractivity contribution in [2.45, 2.75) is 363 Å². The lowest BCUT2D eigenvalue weighted by molar-refractivity contribution is -0.161. The van der Waals surface area contributed by atoms with E-state index in [2.05, 4.69) is 55.4 Å². The summed E-state index contributed by atoms with van der Waals surface area (Å²) in [5.74, 6) is 0.856. The average molecular weight is 1310 g/mol. The van der Waals surface area contributed by atoms with Crippen molar-refractivity contribution < 1.29 is 80.2 Å². The summed E-state index contributed by atoms with van der Waals surface area (Å²) in [5, 5.41) is 10.6. The number of phosphoric acid groups is 2. The summed E-state index contributed by atoms with van der Waals surface area (Å²) in [7, 11) is -9.90. The van der Waals surface area contributed by atoms with E-state index >= 15 is 0 Å². The lowest BCUT2D eigenvalue weighted by atomic mass is 10.00. The first kappa shape index (κ1) is 87.1. The number of hydrogen-bond acceptors (Lipinski definition) is 15. The largest absolute Gasteiger partial charge is 0.472 e. The monoisotopic (exact) mass is 1310 g/mol. The first-order valence-electron chi connectivity index (χ1n) is 36.3. The molecule has 0 rings (SSSR count). The lowest BCUT2D eigenvalue weighted by Gasteiger charge is -2.21. The number of esters is 4. The molecule has 0 saturated heterocycles. The van der Waals surface area contributed by atoms with Crippen molar-refractivity contribution in [1.29, 1.82) is 0 Å². The minimum atomic E-state index is -4.95. The average Bonchev–Trinajstić information content (AvgIpc) is 3.53. The third kappa shape index (κ3) is 60.7. The zero-order valence-corrected chi connectivity index (χ0v) is 59.8. The van der Waals surface area contributed by atoms with E-state index in [-0.39, 0.29) is 25.7 Å². The van der Waals surface area contributed by atoms with Crippen molar-refractivity contribution in [3.63, 3.8) is 0 Å². The summed E-state index contributed by atoms with van der Waals surface area (Å²) < 4.78 is 68.2. The van der Waals surface area contributed by atoms with Gasteiger partial charge in [-0.1, -0.05) is 293 Å². The van der Waals surface area contributed by atoms with Crippen LogP contribution in [-0.2, 0) is 65.4 Å². The Morgan fingerprint density at radius 1 is 0.315 bits per heavy atom. The van der Waals surface area contributed by atoms with Crippen LogP contribution in [0.5, 0.6) is 0 Å². The molecule has 17 nitrogen and oxygen atoms in total. The van der Waals surface area contributed by atoms with Crippen molar-refractivity contribution >= 4 is 39.5 Å². The number of ether oxygens (including phenoxy) is 4. The van der Waals surface area contributed by atoms with Gasteiger partial charge in [0.15, 0.2) is 12.2 Å². The second-order valence-electron chi connectivity index (χ2n) is 26.5. The van der Waals surface area contributed by atoms with Gasteiger partial charge in [-0.3, -0.25) is 37.3 Å². The maximum absolute atomic E-state index is 13.0. The molecule has 0 aromatic carbocycles. The predicted octanol–water partition coefficient (Wildman–Crippen LogP) is 19.7. The minimum Gasteiger partial charge on any atom is -0.462 e. The summed E-state index contributed by atoms with van der Waals surface area (Å²) in [4.78, 5) is 72.5. The van der Waals surface area contributed by atoms with Gasteiger partial charge in [-0.15, -0.1) is 0 Å². The molecule has 0 aromatic rings. The molecule has 0 bridgehead atoms. The predicted molar refractivity (Wildman–Crippen MR) is 358 cm³/mol. The van der Waals surface area contributed by atoms with Crippen LogP contribution >= 0.6 is 15.6 Å². The molecule has 528 valence electrons. The van der Waals surface area contributed by atoms with Gasteiger partial charge in [0.2, 0.25) is 0 Å². The molecular formula is C70H136O17P2. The molecular weight excluding hydrogens is 1170 g/mol. The van der Waals surface area contributed by atoms with Gasteiger partial charge in [0.25, 0.3) is 0 Å². The molecule has 3 N–H and O–H groups in total. The fourth-order valence-electron chi connectivity index (χ4n) is 10.4. The summed E-state index contributed by atoms with van der Waals surface area (Å²) in [6, 6.07) is 0. The summed E-state index contributed by atoms with van der Waals surface area (Å²) in [5.41, 5.74) is 0. The number of aliphatic hydroxyl groups excluding tert-OH is 1. The van der Waals surface area contributed by atoms with E-state index in [1.165, 1.54) is 135 Å². The van der Waals surface area contributed by atoms with Crippen LogP contribution in [0.25, 0.3) is 0 Å². The lowest BCUT2D eigenvalue weighted by Crippen LogP contribution is -2.30. The first-order valence-corrected chi connectivity index (χ1v) is 39.3. The molecule has 0 aromatic heterocycles. The van der Waals surface area contributed by atoms with E-state index in [0.717, 1.165) is 126 Å². The Morgan fingerprint density at radius 3 is 0.798 bits per heavy atom. The quantitative estimate of drug-likeness (QED) is 0.0222. The van der Waals surface area contributed by atoms with E-state index in [9.17, 15) is 43.2 Å². The van der Waals surface area contributed by atoms with Crippen LogP contribution in [0.1, 0.15) is 344 Å². The number of rotatable bonds is 67. The molecule has 0 heterocycles. The molecule has 89 heavy (non-hydrogen) atoms. The van der Waals surface area contributed by atoms with Gasteiger partial charge in [0, 0.05) is 25.7 Å². The maximum Gasteiger partial charge on any atom is 0.472 e. The van der Waals surface area contributed by atoms with Gasteiger partial charge in [0.05, 0.1) is 26.4 Å². The highest BCUT2D eigenvalue weighted by Crippen LogP contribution is 2.45. The molecule has 0 spiro atoms. The van der Waals surface area contributed by atoms with Crippen molar-refractivity contribution in [3.05, 3.63) is 0 Å². The highest BCUT2D eigenvalue weighted by atomic mass is 31.2. The van der Waals surface area contributed by atoms with Crippen LogP contribution in [0.3, 0.4) is 0 Å². The normalized spacial score (nSPS) is 15.2. The molecule has 0 aliphatic rings. The van der Waals surface area contributed by atoms with Crippen LogP contribution in [0.15, 0.2) is 0 Å². The number of carbonyl (C=O) groups excluding carboxylic acids is 4. The van der Waals surface area contributed by atoms with Gasteiger partial charge in [-0.25, -0.2) is 9.13 Å². The Morgan fingerprint density at radius 2 is 0.539 bits per heavy atom. The van der Waals surface area contributed by atoms with Crippen molar-refractivity contribution in [3.8, 4) is 0 Å². The fourth-order valence-corrected chi connectivity index (χ4v) is 12.0. The third-order valence-electron chi connectivity index (χ3n) is 17.2. The smallest absolute Gasteiger partial charge is 0.462 e. The van der Waals surface area contributed by atoms with Crippen LogP contribution in [-0.4, -0.2) is 96.7 Å². The molecule has 0 saturated carbocycles.